The van der Waals surface area contributed by atoms with Crippen molar-refractivity contribution in [2.45, 2.75) is 6.42 Å². The molecule has 0 aromatic carbocycles. The van der Waals surface area contributed by atoms with E-state index < -0.39 is 10.1 Å². The van der Waals surface area contributed by atoms with Crippen LogP contribution in [-0.2, 0) is 0 Å². The minimum absolute atomic E-state index is 0.208. The van der Waals surface area contributed by atoms with Crippen LogP contribution in [0.3, 0.4) is 0 Å². The molecule has 0 amide bonds. The van der Waals surface area contributed by atoms with Crippen molar-refractivity contribution >= 4 is 11.9 Å². The second-order valence-electron chi connectivity index (χ2n) is 4.53. The van der Waals surface area contributed by atoms with Gasteiger partial charge in [-0.25, -0.2) is 20.2 Å². The molecular weight excluding hydrogens is 296 g/mol. The molecule has 2 aliphatic rings. The van der Waals surface area contributed by atoms with Gasteiger partial charge in [-0.3, -0.25) is 0 Å². The molecule has 2 saturated heterocycles. The number of hydrogen-bond donors (Lipinski definition) is 2. The van der Waals surface area contributed by atoms with Gasteiger partial charge in [0.1, 0.15) is 10.2 Å². The fourth-order valence-corrected chi connectivity index (χ4v) is 2.16. The Hall–Kier alpha value is -2.92. The largest absolute Gasteiger partial charge is 0.349 e. The normalized spacial score (nSPS) is 21.6. The first-order chi connectivity index (χ1) is 10.6. The minimum atomic E-state index is -0.745. The summed E-state index contributed by atoms with van der Waals surface area (Å²) in [5, 5.41) is 31.5. The Morgan fingerprint density at radius 3 is 2.45 bits per heavy atom. The molecule has 0 saturated carbocycles. The summed E-state index contributed by atoms with van der Waals surface area (Å²) in [7, 11) is 0. The van der Waals surface area contributed by atoms with Crippen LogP contribution in [-0.4, -0.2) is 64.5 Å². The van der Waals surface area contributed by atoms with E-state index in [9.17, 15) is 20.2 Å². The van der Waals surface area contributed by atoms with Crippen LogP contribution in [0.4, 0.5) is 0 Å². The Morgan fingerprint density at radius 1 is 1.09 bits per heavy atom. The third kappa shape index (κ3) is 4.29. The molecule has 22 heavy (non-hydrogen) atoms. The zero-order chi connectivity index (χ0) is 15.9. The Bertz CT molecular complexity index is 531. The third-order valence-electron chi connectivity index (χ3n) is 3.08. The summed E-state index contributed by atoms with van der Waals surface area (Å²) in [6.07, 6.45) is 4.18. The Morgan fingerprint density at radius 2 is 1.73 bits per heavy atom. The molecule has 12 nitrogen and oxygen atoms in total. The van der Waals surface area contributed by atoms with Crippen molar-refractivity contribution < 1.29 is 10.1 Å². The monoisotopic (exact) mass is 312 g/mol. The molecule has 0 radical (unpaired) electrons. The van der Waals surface area contributed by atoms with Gasteiger partial charge in [0.15, 0.2) is 10.1 Å². The van der Waals surface area contributed by atoms with Gasteiger partial charge in [-0.15, -0.1) is 0 Å². The van der Waals surface area contributed by atoms with Crippen LogP contribution in [0.1, 0.15) is 6.42 Å². The minimum Gasteiger partial charge on any atom is -0.349 e. The van der Waals surface area contributed by atoms with Gasteiger partial charge < -0.3 is 20.4 Å². The van der Waals surface area contributed by atoms with Crippen LogP contribution in [0.2, 0.25) is 0 Å². The van der Waals surface area contributed by atoms with Crippen LogP contribution in [0.25, 0.3) is 0 Å². The van der Waals surface area contributed by atoms with E-state index in [4.69, 9.17) is 0 Å². The molecule has 120 valence electrons. The Balaban J connectivity index is 1.83. The number of nitrogens with zero attached hydrogens (tertiary/aromatic N) is 6. The van der Waals surface area contributed by atoms with E-state index in [2.05, 4.69) is 20.8 Å². The predicted molar refractivity (Wildman–Crippen MR) is 76.9 cm³/mol. The molecule has 2 N–H and O–H groups in total. The maximum atomic E-state index is 10.4. The lowest BCUT2D eigenvalue weighted by Gasteiger charge is -2.14. The predicted octanol–water partition coefficient (Wildman–Crippen LogP) is -1.20. The number of nitro groups is 2. The van der Waals surface area contributed by atoms with Crippen molar-refractivity contribution in [3.8, 4) is 0 Å². The third-order valence-corrected chi connectivity index (χ3v) is 3.08. The van der Waals surface area contributed by atoms with Gasteiger partial charge in [0.2, 0.25) is 0 Å². The molecular formula is C10H16N8O4. The highest BCUT2D eigenvalue weighted by atomic mass is 16.7. The topological polar surface area (TPSA) is 142 Å². The molecule has 0 aromatic heterocycles. The number of guanidine groups is 2. The molecule has 2 heterocycles. The van der Waals surface area contributed by atoms with Gasteiger partial charge >= 0.3 is 0 Å². The van der Waals surface area contributed by atoms with Crippen molar-refractivity contribution in [1.29, 1.82) is 0 Å². The molecule has 12 heteroatoms. The van der Waals surface area contributed by atoms with E-state index >= 15 is 0 Å². The standard InChI is InChI=1S/C10H16N8O4/c19-17(20)13-9-11-3-7-15(9)5-1-2-6-16-8-4-12-10(16)14-18(21)22/h1,5H,2-4,6-8H2,(H,11,13)(H,12,14)/b5-1+. The molecule has 0 aliphatic carbocycles. The van der Waals surface area contributed by atoms with E-state index in [1.54, 1.807) is 16.0 Å². The molecule has 0 aromatic rings. The van der Waals surface area contributed by atoms with Gasteiger partial charge in [-0.05, 0) is 6.42 Å². The van der Waals surface area contributed by atoms with Crippen LogP contribution in [0, 0.1) is 20.2 Å². The SMILES string of the molecule is O=[N+]([O-])N=C1NCCN1/C=C/CCN1CCNC1=N[N+](=O)[O-]. The first kappa shape index (κ1) is 15.5. The Labute approximate surface area is 125 Å². The summed E-state index contributed by atoms with van der Waals surface area (Å²) < 4.78 is 0. The lowest BCUT2D eigenvalue weighted by atomic mass is 10.4. The van der Waals surface area contributed by atoms with Crippen molar-refractivity contribution in [2.75, 3.05) is 32.7 Å². The highest BCUT2D eigenvalue weighted by Gasteiger charge is 2.21. The van der Waals surface area contributed by atoms with E-state index in [0.29, 0.717) is 39.1 Å². The molecule has 2 fully saturated rings. The number of nitrogens with one attached hydrogen (secondary N) is 2. The maximum Gasteiger partial charge on any atom is 0.275 e. The summed E-state index contributed by atoms with van der Waals surface area (Å²) in [6, 6.07) is 0. The summed E-state index contributed by atoms with van der Waals surface area (Å²) >= 11 is 0. The van der Waals surface area contributed by atoms with Crippen molar-refractivity contribution in [1.82, 2.24) is 20.4 Å². The van der Waals surface area contributed by atoms with Gasteiger partial charge in [0, 0.05) is 38.9 Å². The number of rotatable bonds is 6. The van der Waals surface area contributed by atoms with E-state index in [-0.39, 0.29) is 11.9 Å². The highest BCUT2D eigenvalue weighted by Crippen LogP contribution is 2.03. The first-order valence-electron chi connectivity index (χ1n) is 6.68. The van der Waals surface area contributed by atoms with Gasteiger partial charge in [0.25, 0.3) is 11.9 Å². The van der Waals surface area contributed by atoms with E-state index in [1.807, 2.05) is 6.08 Å². The molecule has 0 bridgehead atoms. The molecule has 0 atom stereocenters. The van der Waals surface area contributed by atoms with Crippen LogP contribution in [0.5, 0.6) is 0 Å². The number of hydrogen-bond acceptors (Lipinski definition) is 4. The Kier molecular flexibility index (Phi) is 5.06. The molecule has 2 rings (SSSR count). The number of hydrazone groups is 2. The van der Waals surface area contributed by atoms with Crippen molar-refractivity contribution in [2.24, 2.45) is 10.2 Å². The zero-order valence-electron chi connectivity index (χ0n) is 11.7. The van der Waals surface area contributed by atoms with Gasteiger partial charge in [0.05, 0.1) is 0 Å². The zero-order valence-corrected chi connectivity index (χ0v) is 11.7. The van der Waals surface area contributed by atoms with E-state index in [0.717, 1.165) is 0 Å². The van der Waals surface area contributed by atoms with Crippen molar-refractivity contribution in [3.05, 3.63) is 32.5 Å². The molecule has 2 aliphatic heterocycles. The fourth-order valence-electron chi connectivity index (χ4n) is 2.16. The molecule has 0 unspecified atom stereocenters. The smallest absolute Gasteiger partial charge is 0.275 e. The second-order valence-corrected chi connectivity index (χ2v) is 4.53. The van der Waals surface area contributed by atoms with Crippen LogP contribution < -0.4 is 10.6 Å². The van der Waals surface area contributed by atoms with E-state index in [1.165, 1.54) is 0 Å². The summed E-state index contributed by atoms with van der Waals surface area (Å²) in [5.74, 6) is 0.469. The second kappa shape index (κ2) is 7.19. The lowest BCUT2D eigenvalue weighted by Crippen LogP contribution is -2.31. The van der Waals surface area contributed by atoms with Crippen LogP contribution >= 0.6 is 0 Å². The van der Waals surface area contributed by atoms with Crippen LogP contribution in [0.15, 0.2) is 22.5 Å². The van der Waals surface area contributed by atoms with Gasteiger partial charge in [-0.1, -0.05) is 6.08 Å². The average molecular weight is 312 g/mol. The van der Waals surface area contributed by atoms with Crippen molar-refractivity contribution in [3.63, 3.8) is 0 Å². The highest BCUT2D eigenvalue weighted by molar-refractivity contribution is 5.82. The average Bonchev–Trinajstić information content (AvgIpc) is 3.04. The summed E-state index contributed by atoms with van der Waals surface area (Å²) in [5.41, 5.74) is 0. The quantitative estimate of drug-likeness (QED) is 0.460. The first-order valence-corrected chi connectivity index (χ1v) is 6.68. The summed E-state index contributed by atoms with van der Waals surface area (Å²) in [6.45, 7) is 3.03. The fraction of sp³-hybridized carbons (Fsp3) is 0.600. The summed E-state index contributed by atoms with van der Waals surface area (Å²) in [4.78, 5) is 24.2. The lowest BCUT2D eigenvalue weighted by molar-refractivity contribution is -0.485. The maximum absolute atomic E-state index is 10.4. The van der Waals surface area contributed by atoms with Gasteiger partial charge in [-0.2, -0.15) is 0 Å². The molecule has 0 spiro atoms.